The number of hydrogen-bond acceptors (Lipinski definition) is 2. The molecule has 1 heterocycles. The Morgan fingerprint density at radius 1 is 1.28 bits per heavy atom. The van der Waals surface area contributed by atoms with Crippen LogP contribution in [0.2, 0.25) is 0 Å². The quantitative estimate of drug-likeness (QED) is 0.891. The van der Waals surface area contributed by atoms with E-state index >= 15 is 0 Å². The van der Waals surface area contributed by atoms with Crippen LogP contribution in [-0.4, -0.2) is 4.98 Å². The van der Waals surface area contributed by atoms with E-state index in [9.17, 15) is 4.39 Å². The van der Waals surface area contributed by atoms with E-state index in [1.165, 1.54) is 11.6 Å². The van der Waals surface area contributed by atoms with Crippen molar-refractivity contribution in [3.8, 4) is 0 Å². The molecule has 0 aliphatic carbocycles. The lowest BCUT2D eigenvalue weighted by atomic mass is 10.1. The summed E-state index contributed by atoms with van der Waals surface area (Å²) in [4.78, 5) is 4.10. The Labute approximate surface area is 107 Å². The van der Waals surface area contributed by atoms with Gasteiger partial charge in [-0.1, -0.05) is 18.2 Å². The zero-order chi connectivity index (χ0) is 13.0. The number of aromatic nitrogens is 1. The van der Waals surface area contributed by atoms with Gasteiger partial charge in [-0.05, 0) is 37.1 Å². The van der Waals surface area contributed by atoms with Gasteiger partial charge in [-0.25, -0.2) is 4.39 Å². The number of halogens is 1. The molecule has 0 radical (unpaired) electrons. The summed E-state index contributed by atoms with van der Waals surface area (Å²) >= 11 is 0. The number of nitrogens with one attached hydrogen (secondary N) is 1. The van der Waals surface area contributed by atoms with Crippen LogP contribution in [0.15, 0.2) is 42.7 Å². The van der Waals surface area contributed by atoms with E-state index in [0.717, 1.165) is 5.56 Å². The molecule has 1 aromatic heterocycles. The van der Waals surface area contributed by atoms with Crippen molar-refractivity contribution in [2.75, 3.05) is 0 Å². The molecule has 0 aliphatic rings. The Kier molecular flexibility index (Phi) is 4.05. The van der Waals surface area contributed by atoms with Crippen molar-refractivity contribution in [2.24, 2.45) is 0 Å². The number of aryl methyl sites for hydroxylation is 1. The summed E-state index contributed by atoms with van der Waals surface area (Å²) in [5, 5.41) is 3.32. The molecule has 2 rings (SSSR count). The minimum atomic E-state index is -0.166. The second kappa shape index (κ2) is 5.74. The summed E-state index contributed by atoms with van der Waals surface area (Å²) in [6.07, 6.45) is 3.62. The van der Waals surface area contributed by atoms with E-state index < -0.39 is 0 Å². The maximum atomic E-state index is 13.6. The van der Waals surface area contributed by atoms with E-state index in [2.05, 4.69) is 10.3 Å². The first kappa shape index (κ1) is 12.7. The van der Waals surface area contributed by atoms with E-state index in [0.29, 0.717) is 12.1 Å². The van der Waals surface area contributed by atoms with Crippen LogP contribution in [-0.2, 0) is 6.54 Å². The van der Waals surface area contributed by atoms with E-state index in [1.807, 2.05) is 38.2 Å². The third kappa shape index (κ3) is 2.93. The van der Waals surface area contributed by atoms with Crippen molar-refractivity contribution >= 4 is 0 Å². The Morgan fingerprint density at radius 3 is 2.78 bits per heavy atom. The minimum absolute atomic E-state index is 0.0224. The molecule has 18 heavy (non-hydrogen) atoms. The van der Waals surface area contributed by atoms with Crippen LogP contribution < -0.4 is 5.32 Å². The normalized spacial score (nSPS) is 12.4. The Balaban J connectivity index is 2.03. The molecule has 1 unspecified atom stereocenters. The van der Waals surface area contributed by atoms with Gasteiger partial charge in [0.15, 0.2) is 0 Å². The molecular weight excluding hydrogens is 227 g/mol. The van der Waals surface area contributed by atoms with Gasteiger partial charge in [-0.15, -0.1) is 0 Å². The highest BCUT2D eigenvalue weighted by atomic mass is 19.1. The highest BCUT2D eigenvalue weighted by molar-refractivity contribution is 5.23. The van der Waals surface area contributed by atoms with E-state index in [4.69, 9.17) is 0 Å². The summed E-state index contributed by atoms with van der Waals surface area (Å²) in [5.74, 6) is -0.166. The fourth-order valence-corrected chi connectivity index (χ4v) is 1.88. The van der Waals surface area contributed by atoms with Crippen LogP contribution in [0, 0.1) is 12.7 Å². The number of rotatable bonds is 4. The largest absolute Gasteiger partial charge is 0.306 e. The molecule has 1 N–H and O–H groups in total. The van der Waals surface area contributed by atoms with Gasteiger partial charge in [-0.2, -0.15) is 0 Å². The molecule has 0 saturated carbocycles. The van der Waals surface area contributed by atoms with Gasteiger partial charge >= 0.3 is 0 Å². The van der Waals surface area contributed by atoms with Crippen LogP contribution in [0.5, 0.6) is 0 Å². The maximum Gasteiger partial charge on any atom is 0.127 e. The second-order valence-corrected chi connectivity index (χ2v) is 4.43. The summed E-state index contributed by atoms with van der Waals surface area (Å²) in [6, 6.07) is 8.81. The predicted octanol–water partition coefficient (Wildman–Crippen LogP) is 3.38. The first-order valence-corrected chi connectivity index (χ1v) is 6.06. The van der Waals surface area contributed by atoms with Crippen LogP contribution in [0.3, 0.4) is 0 Å². The molecule has 94 valence electrons. The summed E-state index contributed by atoms with van der Waals surface area (Å²) in [5.41, 5.74) is 3.03. The molecule has 0 fully saturated rings. The predicted molar refractivity (Wildman–Crippen MR) is 70.6 cm³/mol. The Hall–Kier alpha value is -1.74. The van der Waals surface area contributed by atoms with Gasteiger partial charge in [0, 0.05) is 30.5 Å². The minimum Gasteiger partial charge on any atom is -0.306 e. The number of pyridine rings is 1. The number of hydrogen-bond donors (Lipinski definition) is 1. The number of benzene rings is 1. The molecule has 0 saturated heterocycles. The van der Waals surface area contributed by atoms with Gasteiger partial charge < -0.3 is 5.32 Å². The summed E-state index contributed by atoms with van der Waals surface area (Å²) < 4.78 is 13.6. The summed E-state index contributed by atoms with van der Waals surface area (Å²) in [7, 11) is 0. The van der Waals surface area contributed by atoms with Crippen molar-refractivity contribution in [1.82, 2.24) is 10.3 Å². The Bertz CT molecular complexity index is 525. The Morgan fingerprint density at radius 2 is 2.06 bits per heavy atom. The zero-order valence-electron chi connectivity index (χ0n) is 10.7. The van der Waals surface area contributed by atoms with Crippen LogP contribution >= 0.6 is 0 Å². The highest BCUT2D eigenvalue weighted by Crippen LogP contribution is 2.17. The molecule has 1 aromatic carbocycles. The molecule has 2 nitrogen and oxygen atoms in total. The van der Waals surface area contributed by atoms with Crippen LogP contribution in [0.4, 0.5) is 4.39 Å². The molecule has 0 bridgehead atoms. The maximum absolute atomic E-state index is 13.6. The van der Waals surface area contributed by atoms with Crippen molar-refractivity contribution < 1.29 is 4.39 Å². The smallest absolute Gasteiger partial charge is 0.127 e. The lowest BCUT2D eigenvalue weighted by Crippen LogP contribution is -2.19. The van der Waals surface area contributed by atoms with Gasteiger partial charge in [0.1, 0.15) is 5.82 Å². The van der Waals surface area contributed by atoms with Gasteiger partial charge in [0.2, 0.25) is 0 Å². The second-order valence-electron chi connectivity index (χ2n) is 4.43. The van der Waals surface area contributed by atoms with Crippen LogP contribution in [0.25, 0.3) is 0 Å². The first-order chi connectivity index (χ1) is 8.68. The van der Waals surface area contributed by atoms with Crippen molar-refractivity contribution in [3.05, 3.63) is 65.2 Å². The number of nitrogens with zero attached hydrogens (tertiary/aromatic N) is 1. The van der Waals surface area contributed by atoms with Crippen molar-refractivity contribution in [3.63, 3.8) is 0 Å². The molecule has 0 aliphatic heterocycles. The lowest BCUT2D eigenvalue weighted by Gasteiger charge is -2.15. The van der Waals surface area contributed by atoms with Crippen molar-refractivity contribution in [2.45, 2.75) is 26.4 Å². The molecular formula is C15H17FN2. The average Bonchev–Trinajstić information content (AvgIpc) is 2.38. The van der Waals surface area contributed by atoms with E-state index in [-0.39, 0.29) is 11.9 Å². The zero-order valence-corrected chi connectivity index (χ0v) is 10.7. The van der Waals surface area contributed by atoms with Crippen molar-refractivity contribution in [1.29, 1.82) is 0 Å². The standard InChI is InChI=1S/C15H17FN2/c1-11-7-8-17-9-13(11)10-18-12(2)14-5-3-4-6-15(14)16/h3-9,12,18H,10H2,1-2H3. The van der Waals surface area contributed by atoms with Crippen LogP contribution in [0.1, 0.15) is 29.7 Å². The molecule has 2 aromatic rings. The molecule has 0 amide bonds. The fourth-order valence-electron chi connectivity index (χ4n) is 1.88. The topological polar surface area (TPSA) is 24.9 Å². The summed E-state index contributed by atoms with van der Waals surface area (Å²) in [6.45, 7) is 4.70. The fraction of sp³-hybridized carbons (Fsp3) is 0.267. The third-order valence-electron chi connectivity index (χ3n) is 3.12. The van der Waals surface area contributed by atoms with Gasteiger partial charge in [0.05, 0.1) is 0 Å². The third-order valence-corrected chi connectivity index (χ3v) is 3.12. The molecule has 3 heteroatoms. The highest BCUT2D eigenvalue weighted by Gasteiger charge is 2.09. The first-order valence-electron chi connectivity index (χ1n) is 6.06. The van der Waals surface area contributed by atoms with Gasteiger partial charge in [-0.3, -0.25) is 4.98 Å². The van der Waals surface area contributed by atoms with E-state index in [1.54, 1.807) is 12.3 Å². The molecule has 0 spiro atoms. The SMILES string of the molecule is Cc1ccncc1CNC(C)c1ccccc1F. The lowest BCUT2D eigenvalue weighted by molar-refractivity contribution is 0.527. The van der Waals surface area contributed by atoms with Gasteiger partial charge in [0.25, 0.3) is 0 Å². The average molecular weight is 244 g/mol. The monoisotopic (exact) mass is 244 g/mol. The molecule has 1 atom stereocenters.